The molecule has 0 heterocycles. The highest BCUT2D eigenvalue weighted by molar-refractivity contribution is 5.81. The standard InChI is InChI=1S/C16H23NO4/c1-5-16(3,4)17-14(18)10-21-15(19)11-20-13-9-7-6-8-12(13)2/h6-9H,5,10-11H2,1-4H3,(H,17,18). The third-order valence-corrected chi connectivity index (χ3v) is 3.17. The van der Waals surface area contributed by atoms with Gasteiger partial charge in [0.25, 0.3) is 5.91 Å². The van der Waals surface area contributed by atoms with E-state index in [0.29, 0.717) is 5.75 Å². The van der Waals surface area contributed by atoms with E-state index in [9.17, 15) is 9.59 Å². The van der Waals surface area contributed by atoms with E-state index in [4.69, 9.17) is 9.47 Å². The summed E-state index contributed by atoms with van der Waals surface area (Å²) in [5.41, 5.74) is 0.633. The van der Waals surface area contributed by atoms with Gasteiger partial charge < -0.3 is 14.8 Å². The van der Waals surface area contributed by atoms with Crippen molar-refractivity contribution in [2.75, 3.05) is 13.2 Å². The number of aryl methyl sites for hydroxylation is 1. The van der Waals surface area contributed by atoms with E-state index in [2.05, 4.69) is 5.32 Å². The Morgan fingerprint density at radius 1 is 1.19 bits per heavy atom. The van der Waals surface area contributed by atoms with Gasteiger partial charge in [-0.25, -0.2) is 4.79 Å². The molecule has 0 atom stereocenters. The van der Waals surface area contributed by atoms with Crippen LogP contribution in [0.1, 0.15) is 32.8 Å². The van der Waals surface area contributed by atoms with E-state index in [1.807, 2.05) is 45.9 Å². The normalized spacial score (nSPS) is 10.9. The highest BCUT2D eigenvalue weighted by Gasteiger charge is 2.18. The number of rotatable bonds is 7. The number of esters is 1. The highest BCUT2D eigenvalue weighted by atomic mass is 16.6. The molecule has 1 aromatic rings. The second-order valence-electron chi connectivity index (χ2n) is 5.50. The van der Waals surface area contributed by atoms with Gasteiger partial charge in [-0.3, -0.25) is 4.79 Å². The summed E-state index contributed by atoms with van der Waals surface area (Å²) in [6.45, 7) is 7.18. The zero-order chi connectivity index (χ0) is 15.9. The van der Waals surface area contributed by atoms with Crippen molar-refractivity contribution in [3.05, 3.63) is 29.8 Å². The molecule has 0 spiro atoms. The van der Waals surface area contributed by atoms with E-state index in [1.54, 1.807) is 6.07 Å². The smallest absolute Gasteiger partial charge is 0.344 e. The molecule has 0 aromatic heterocycles. The summed E-state index contributed by atoms with van der Waals surface area (Å²) in [6.07, 6.45) is 0.795. The molecular weight excluding hydrogens is 270 g/mol. The third kappa shape index (κ3) is 6.29. The molecule has 0 unspecified atom stereocenters. The van der Waals surface area contributed by atoms with Crippen LogP contribution in [-0.2, 0) is 14.3 Å². The number of para-hydroxylation sites is 1. The Kier molecular flexibility index (Phi) is 6.21. The van der Waals surface area contributed by atoms with Gasteiger partial charge in [0.1, 0.15) is 5.75 Å². The monoisotopic (exact) mass is 293 g/mol. The van der Waals surface area contributed by atoms with Crippen LogP contribution in [0.3, 0.4) is 0 Å². The molecule has 0 saturated carbocycles. The summed E-state index contributed by atoms with van der Waals surface area (Å²) in [6, 6.07) is 7.38. The zero-order valence-corrected chi connectivity index (χ0v) is 13.1. The van der Waals surface area contributed by atoms with Gasteiger partial charge in [0, 0.05) is 5.54 Å². The Bertz CT molecular complexity index is 497. The molecule has 1 N–H and O–H groups in total. The average Bonchev–Trinajstić information content (AvgIpc) is 2.44. The molecule has 0 aliphatic carbocycles. The van der Waals surface area contributed by atoms with Crippen LogP contribution in [0, 0.1) is 6.92 Å². The minimum atomic E-state index is -0.567. The fourth-order valence-electron chi connectivity index (χ4n) is 1.54. The molecule has 0 aliphatic heterocycles. The summed E-state index contributed by atoms with van der Waals surface area (Å²) in [5, 5.41) is 2.79. The highest BCUT2D eigenvalue weighted by Crippen LogP contribution is 2.15. The van der Waals surface area contributed by atoms with Crippen molar-refractivity contribution >= 4 is 11.9 Å². The van der Waals surface area contributed by atoms with Gasteiger partial charge in [0.05, 0.1) is 0 Å². The van der Waals surface area contributed by atoms with Gasteiger partial charge >= 0.3 is 5.97 Å². The van der Waals surface area contributed by atoms with Crippen LogP contribution in [0.4, 0.5) is 0 Å². The Labute approximate surface area is 125 Å². The van der Waals surface area contributed by atoms with E-state index >= 15 is 0 Å². The maximum absolute atomic E-state index is 11.6. The number of hydrogen-bond acceptors (Lipinski definition) is 4. The van der Waals surface area contributed by atoms with Gasteiger partial charge in [-0.15, -0.1) is 0 Å². The lowest BCUT2D eigenvalue weighted by Gasteiger charge is -2.24. The molecule has 5 nitrogen and oxygen atoms in total. The SMILES string of the molecule is CCC(C)(C)NC(=O)COC(=O)COc1ccccc1C. The lowest BCUT2D eigenvalue weighted by molar-refractivity contribution is -0.150. The average molecular weight is 293 g/mol. The summed E-state index contributed by atoms with van der Waals surface area (Å²) in [4.78, 5) is 23.2. The van der Waals surface area contributed by atoms with Crippen LogP contribution >= 0.6 is 0 Å². The van der Waals surface area contributed by atoms with E-state index in [0.717, 1.165) is 12.0 Å². The van der Waals surface area contributed by atoms with E-state index in [-0.39, 0.29) is 24.7 Å². The number of carbonyl (C=O) groups excluding carboxylic acids is 2. The summed E-state index contributed by atoms with van der Waals surface area (Å²) in [5.74, 6) is -0.250. The number of ether oxygens (including phenoxy) is 2. The molecule has 1 amide bonds. The molecule has 1 aromatic carbocycles. The van der Waals surface area contributed by atoms with Crippen molar-refractivity contribution in [1.29, 1.82) is 0 Å². The van der Waals surface area contributed by atoms with Crippen LogP contribution in [0.15, 0.2) is 24.3 Å². The van der Waals surface area contributed by atoms with Crippen LogP contribution in [-0.4, -0.2) is 30.6 Å². The van der Waals surface area contributed by atoms with Crippen molar-refractivity contribution in [3.63, 3.8) is 0 Å². The maximum atomic E-state index is 11.6. The molecule has 0 radical (unpaired) electrons. The van der Waals surface area contributed by atoms with Gasteiger partial charge in [-0.2, -0.15) is 0 Å². The first kappa shape index (κ1) is 17.0. The second kappa shape index (κ2) is 7.67. The molecule has 1 rings (SSSR count). The summed E-state index contributed by atoms with van der Waals surface area (Å²) in [7, 11) is 0. The van der Waals surface area contributed by atoms with Crippen molar-refractivity contribution in [1.82, 2.24) is 5.32 Å². The number of amides is 1. The second-order valence-corrected chi connectivity index (χ2v) is 5.50. The van der Waals surface area contributed by atoms with Crippen LogP contribution in [0.5, 0.6) is 5.75 Å². The van der Waals surface area contributed by atoms with Crippen LogP contribution in [0.25, 0.3) is 0 Å². The third-order valence-electron chi connectivity index (χ3n) is 3.17. The topological polar surface area (TPSA) is 64.6 Å². The largest absolute Gasteiger partial charge is 0.482 e. The molecule has 0 saturated heterocycles. The number of hydrogen-bond donors (Lipinski definition) is 1. The lowest BCUT2D eigenvalue weighted by Crippen LogP contribution is -2.44. The van der Waals surface area contributed by atoms with E-state index < -0.39 is 5.97 Å². The predicted octanol–water partition coefficient (Wildman–Crippen LogP) is 2.22. The number of nitrogens with one attached hydrogen (secondary N) is 1. The van der Waals surface area contributed by atoms with Crippen molar-refractivity contribution in [2.24, 2.45) is 0 Å². The van der Waals surface area contributed by atoms with Crippen LogP contribution < -0.4 is 10.1 Å². The molecule has 5 heteroatoms. The van der Waals surface area contributed by atoms with Gasteiger partial charge in [-0.1, -0.05) is 25.1 Å². The molecular formula is C16H23NO4. The Morgan fingerprint density at radius 2 is 1.86 bits per heavy atom. The first-order valence-corrected chi connectivity index (χ1v) is 6.99. The quantitative estimate of drug-likeness (QED) is 0.783. The van der Waals surface area contributed by atoms with Gasteiger partial charge in [0.2, 0.25) is 0 Å². The Balaban J connectivity index is 2.32. The maximum Gasteiger partial charge on any atom is 0.344 e. The minimum Gasteiger partial charge on any atom is -0.482 e. The molecule has 0 bridgehead atoms. The molecule has 0 fully saturated rings. The lowest BCUT2D eigenvalue weighted by atomic mass is 10.0. The fraction of sp³-hybridized carbons (Fsp3) is 0.500. The van der Waals surface area contributed by atoms with Crippen molar-refractivity contribution in [3.8, 4) is 5.75 Å². The fourth-order valence-corrected chi connectivity index (χ4v) is 1.54. The number of benzene rings is 1. The van der Waals surface area contributed by atoms with Crippen molar-refractivity contribution < 1.29 is 19.1 Å². The zero-order valence-electron chi connectivity index (χ0n) is 13.1. The summed E-state index contributed by atoms with van der Waals surface area (Å²) >= 11 is 0. The Morgan fingerprint density at radius 3 is 2.48 bits per heavy atom. The first-order valence-electron chi connectivity index (χ1n) is 6.99. The predicted molar refractivity (Wildman–Crippen MR) is 80.1 cm³/mol. The number of carbonyl (C=O) groups is 2. The molecule has 0 aliphatic rings. The van der Waals surface area contributed by atoms with Crippen molar-refractivity contribution in [2.45, 2.75) is 39.7 Å². The Hall–Kier alpha value is -2.04. The van der Waals surface area contributed by atoms with Crippen LogP contribution in [0.2, 0.25) is 0 Å². The molecule has 21 heavy (non-hydrogen) atoms. The first-order chi connectivity index (χ1) is 9.84. The van der Waals surface area contributed by atoms with E-state index in [1.165, 1.54) is 0 Å². The van der Waals surface area contributed by atoms with Gasteiger partial charge in [-0.05, 0) is 38.8 Å². The minimum absolute atomic E-state index is 0.213. The van der Waals surface area contributed by atoms with Gasteiger partial charge in [0.15, 0.2) is 13.2 Å². The molecule has 116 valence electrons. The summed E-state index contributed by atoms with van der Waals surface area (Å²) < 4.78 is 10.2.